The molecule has 2 aliphatic rings. The Hall–Kier alpha value is -7.58. The number of hydrogen-bond acceptors (Lipinski definition) is 4. The van der Waals surface area contributed by atoms with Gasteiger partial charge in [-0.2, -0.15) is 0 Å². The summed E-state index contributed by atoms with van der Waals surface area (Å²) in [4.78, 5) is 47.7. The van der Waals surface area contributed by atoms with Gasteiger partial charge in [-0.3, -0.25) is 9.59 Å². The molecular weight excluding hydrogens is 741 g/mol. The van der Waals surface area contributed by atoms with Crippen molar-refractivity contribution < 1.29 is 9.59 Å². The van der Waals surface area contributed by atoms with Crippen molar-refractivity contribution in [3.8, 4) is 44.5 Å². The number of likely N-dealkylation sites (N-methyl/N-ethyl adjacent to an activating group) is 1. The molecule has 0 spiro atoms. The summed E-state index contributed by atoms with van der Waals surface area (Å²) in [5.41, 5.74) is 12.8. The predicted octanol–water partition coefficient (Wildman–Crippen LogP) is 11.1. The Balaban J connectivity index is 1.52. The standard InChI is InChI=1S/C52H44N6O2/c1-3-4-17-32-54-52(60)48-47(51(59)53-2)49-45(35-22-13-7-14-23-35)41-30-28-39(56-41)43(33-18-9-5-10-19-33)37-26-27-38(55-37)44(34-20-11-6-12-21-34)40-29-31-42(57-40)46(50(48)58-49)36-24-15-8-16-25-36/h5-16,18-31,56-57H,3-4,17,32H2,1-2H3,(H,53,59)(H,54,60). The van der Waals surface area contributed by atoms with E-state index in [1.165, 1.54) is 0 Å². The van der Waals surface area contributed by atoms with Crippen molar-refractivity contribution >= 4 is 57.2 Å². The van der Waals surface area contributed by atoms with Gasteiger partial charge in [0.05, 0.1) is 33.9 Å². The quantitative estimate of drug-likeness (QED) is 0.103. The molecule has 4 aromatic carbocycles. The van der Waals surface area contributed by atoms with Crippen LogP contribution in [0.3, 0.4) is 0 Å². The Kier molecular flexibility index (Phi) is 10.6. The summed E-state index contributed by atoms with van der Waals surface area (Å²) in [6, 6.07) is 48.5. The number of amides is 2. The van der Waals surface area contributed by atoms with Crippen LogP contribution in [-0.2, 0) is 9.59 Å². The average Bonchev–Trinajstić information content (AvgIpc) is 4.13. The fraction of sp³-hybridized carbons (Fsp3) is 0.115. The Morgan fingerprint density at radius 1 is 0.483 bits per heavy atom. The minimum absolute atomic E-state index is 0.200. The van der Waals surface area contributed by atoms with Crippen LogP contribution in [0.25, 0.3) is 89.9 Å². The molecule has 4 N–H and O–H groups in total. The molecule has 0 aliphatic carbocycles. The van der Waals surface area contributed by atoms with Gasteiger partial charge in [0.1, 0.15) is 0 Å². The first-order chi connectivity index (χ1) is 29.5. The molecule has 9 rings (SSSR count). The zero-order valence-electron chi connectivity index (χ0n) is 33.6. The first-order valence-corrected chi connectivity index (χ1v) is 20.5. The molecular formula is C52H44N6O2. The SMILES string of the molecule is CCCCCNC(=O)C1=C(C(=O)NC)c2nc1c(-c1ccccc1)c1ccc([nH]1)c(-c1ccccc1)c1nc(c(-c3ccccc3)c3ccc([nH]3)c2-c2ccccc2)C=C1. The lowest BCUT2D eigenvalue weighted by molar-refractivity contribution is -0.117. The van der Waals surface area contributed by atoms with Gasteiger partial charge in [0, 0.05) is 57.9 Å². The van der Waals surface area contributed by atoms with Crippen molar-refractivity contribution in [2.75, 3.05) is 13.6 Å². The van der Waals surface area contributed by atoms with Gasteiger partial charge in [-0.05, 0) is 65.1 Å². The molecule has 0 fully saturated rings. The van der Waals surface area contributed by atoms with Gasteiger partial charge in [-0.1, -0.05) is 141 Å². The number of fused-ring (bicyclic) bond motifs is 8. The number of nitrogens with one attached hydrogen (secondary N) is 4. The number of carbonyl (C=O) groups excluding carboxylic acids is 2. The molecule has 2 amide bonds. The molecule has 0 saturated carbocycles. The first-order valence-electron chi connectivity index (χ1n) is 20.5. The van der Waals surface area contributed by atoms with Crippen molar-refractivity contribution in [3.05, 3.63) is 168 Å². The number of hydrogen-bond donors (Lipinski definition) is 4. The number of carbonyl (C=O) groups is 2. The van der Waals surface area contributed by atoms with E-state index in [4.69, 9.17) is 9.97 Å². The molecule has 294 valence electrons. The number of aromatic nitrogens is 4. The van der Waals surface area contributed by atoms with Crippen molar-refractivity contribution in [2.45, 2.75) is 26.2 Å². The minimum atomic E-state index is -0.412. The predicted molar refractivity (Wildman–Crippen MR) is 245 cm³/mol. The lowest BCUT2D eigenvalue weighted by Crippen LogP contribution is -2.28. The summed E-state index contributed by atoms with van der Waals surface area (Å²) in [5.74, 6) is -0.773. The third kappa shape index (κ3) is 7.13. The van der Waals surface area contributed by atoms with E-state index >= 15 is 0 Å². The van der Waals surface area contributed by atoms with E-state index in [1.54, 1.807) is 7.05 Å². The lowest BCUT2D eigenvalue weighted by atomic mass is 9.94. The maximum absolute atomic E-state index is 14.8. The summed E-state index contributed by atoms with van der Waals surface area (Å²) in [6.07, 6.45) is 6.94. The van der Waals surface area contributed by atoms with Crippen LogP contribution in [0, 0.1) is 0 Å². The van der Waals surface area contributed by atoms with Crippen molar-refractivity contribution in [1.82, 2.24) is 30.6 Å². The molecule has 8 heteroatoms. The molecule has 2 aliphatic heterocycles. The van der Waals surface area contributed by atoms with Gasteiger partial charge in [0.25, 0.3) is 11.8 Å². The molecule has 0 saturated heterocycles. The van der Waals surface area contributed by atoms with Crippen LogP contribution in [-0.4, -0.2) is 45.3 Å². The molecule has 5 heterocycles. The van der Waals surface area contributed by atoms with Gasteiger partial charge >= 0.3 is 0 Å². The Bertz CT molecular complexity index is 2960. The van der Waals surface area contributed by atoms with E-state index < -0.39 is 5.91 Å². The number of benzene rings is 4. The van der Waals surface area contributed by atoms with E-state index in [1.807, 2.05) is 109 Å². The van der Waals surface area contributed by atoms with Crippen LogP contribution >= 0.6 is 0 Å². The van der Waals surface area contributed by atoms with Gasteiger partial charge in [-0.15, -0.1) is 0 Å². The van der Waals surface area contributed by atoms with E-state index in [9.17, 15) is 9.59 Å². The monoisotopic (exact) mass is 784 g/mol. The zero-order valence-corrected chi connectivity index (χ0v) is 33.6. The second-order valence-corrected chi connectivity index (χ2v) is 14.9. The minimum Gasteiger partial charge on any atom is -0.355 e. The average molecular weight is 785 g/mol. The van der Waals surface area contributed by atoms with Gasteiger partial charge < -0.3 is 20.6 Å². The lowest BCUT2D eigenvalue weighted by Gasteiger charge is -2.12. The van der Waals surface area contributed by atoms with E-state index in [2.05, 4.69) is 76.1 Å². The zero-order chi connectivity index (χ0) is 41.0. The van der Waals surface area contributed by atoms with Gasteiger partial charge in [-0.25, -0.2) is 9.97 Å². The molecule has 0 atom stereocenters. The van der Waals surface area contributed by atoms with Crippen molar-refractivity contribution in [1.29, 1.82) is 0 Å². The molecule has 8 bridgehead atoms. The maximum atomic E-state index is 14.8. The third-order valence-corrected chi connectivity index (χ3v) is 11.0. The van der Waals surface area contributed by atoms with Crippen molar-refractivity contribution in [2.24, 2.45) is 0 Å². The van der Waals surface area contributed by atoms with Gasteiger partial charge in [0.2, 0.25) is 0 Å². The summed E-state index contributed by atoms with van der Waals surface area (Å²) in [7, 11) is 1.59. The normalized spacial score (nSPS) is 12.1. The highest BCUT2D eigenvalue weighted by Crippen LogP contribution is 2.43. The second kappa shape index (κ2) is 16.7. The van der Waals surface area contributed by atoms with Crippen LogP contribution in [0.5, 0.6) is 0 Å². The van der Waals surface area contributed by atoms with E-state index in [0.717, 1.165) is 86.1 Å². The third-order valence-electron chi connectivity index (χ3n) is 11.0. The number of rotatable bonds is 10. The van der Waals surface area contributed by atoms with Gasteiger partial charge in [0.15, 0.2) is 0 Å². The van der Waals surface area contributed by atoms with Crippen LogP contribution in [0.1, 0.15) is 49.0 Å². The van der Waals surface area contributed by atoms with E-state index in [0.29, 0.717) is 29.1 Å². The topological polar surface area (TPSA) is 116 Å². The maximum Gasteiger partial charge on any atom is 0.254 e. The Morgan fingerprint density at radius 2 is 0.867 bits per heavy atom. The molecule has 7 aromatic rings. The molecule has 60 heavy (non-hydrogen) atoms. The highest BCUT2D eigenvalue weighted by atomic mass is 16.2. The largest absolute Gasteiger partial charge is 0.355 e. The molecule has 8 nitrogen and oxygen atoms in total. The molecule has 0 unspecified atom stereocenters. The first kappa shape index (κ1) is 38.0. The van der Waals surface area contributed by atoms with E-state index in [-0.39, 0.29) is 17.1 Å². The fourth-order valence-corrected chi connectivity index (χ4v) is 8.21. The number of unbranched alkanes of at least 4 members (excludes halogenated alkanes) is 2. The van der Waals surface area contributed by atoms with Crippen molar-refractivity contribution in [3.63, 3.8) is 0 Å². The Morgan fingerprint density at radius 3 is 1.27 bits per heavy atom. The number of nitrogens with zero attached hydrogens (tertiary/aromatic N) is 2. The summed E-state index contributed by atoms with van der Waals surface area (Å²) in [6.45, 7) is 2.59. The summed E-state index contributed by atoms with van der Waals surface area (Å²) in [5, 5.41) is 6.04. The highest BCUT2D eigenvalue weighted by molar-refractivity contribution is 6.42. The van der Waals surface area contributed by atoms with Crippen LogP contribution in [0.2, 0.25) is 0 Å². The second-order valence-electron chi connectivity index (χ2n) is 14.9. The Labute approximate surface area is 348 Å². The highest BCUT2D eigenvalue weighted by Gasteiger charge is 2.35. The fourth-order valence-electron chi connectivity index (χ4n) is 8.21. The summed E-state index contributed by atoms with van der Waals surface area (Å²) < 4.78 is 0. The smallest absolute Gasteiger partial charge is 0.254 e. The van der Waals surface area contributed by atoms with Crippen LogP contribution < -0.4 is 10.6 Å². The molecule has 3 aromatic heterocycles. The number of aromatic amines is 2. The molecule has 0 radical (unpaired) electrons. The summed E-state index contributed by atoms with van der Waals surface area (Å²) >= 11 is 0. The number of H-pyrrole nitrogens is 2. The van der Waals surface area contributed by atoms with Crippen LogP contribution in [0.15, 0.2) is 146 Å². The van der Waals surface area contributed by atoms with Crippen LogP contribution in [0.4, 0.5) is 0 Å².